The fourth-order valence-corrected chi connectivity index (χ4v) is 3.97. The van der Waals surface area contributed by atoms with E-state index in [1.807, 2.05) is 32.9 Å². The second kappa shape index (κ2) is 8.36. The molecule has 0 unspecified atom stereocenters. The molecule has 1 aliphatic rings. The lowest BCUT2D eigenvalue weighted by Gasteiger charge is -2.15. The predicted molar refractivity (Wildman–Crippen MR) is 126 cm³/mol. The van der Waals surface area contributed by atoms with Crippen LogP contribution in [0.3, 0.4) is 0 Å². The van der Waals surface area contributed by atoms with E-state index < -0.39 is 17.2 Å². The molecular weight excluding hydrogens is 436 g/mol. The van der Waals surface area contributed by atoms with Gasteiger partial charge in [0.1, 0.15) is 0 Å². The molecule has 10 nitrogen and oxygen atoms in total. The molecule has 0 saturated heterocycles. The van der Waals surface area contributed by atoms with Gasteiger partial charge in [-0.1, -0.05) is 19.9 Å². The van der Waals surface area contributed by atoms with Gasteiger partial charge >= 0.3 is 5.69 Å². The number of hydrogen-bond acceptors (Lipinski definition) is 7. The van der Waals surface area contributed by atoms with Crippen LogP contribution in [-0.2, 0) is 6.54 Å². The number of carbonyl (C=O) groups excluding carboxylic acids is 1. The summed E-state index contributed by atoms with van der Waals surface area (Å²) in [4.78, 5) is 46.0. The summed E-state index contributed by atoms with van der Waals surface area (Å²) in [5.41, 5.74) is 2.02. The summed E-state index contributed by atoms with van der Waals surface area (Å²) in [6.07, 6.45) is 3.16. The van der Waals surface area contributed by atoms with Gasteiger partial charge < -0.3 is 9.73 Å². The maximum atomic E-state index is 13.5. The lowest BCUT2D eigenvalue weighted by Crippen LogP contribution is -2.33. The van der Waals surface area contributed by atoms with Crippen molar-refractivity contribution in [2.24, 2.45) is 5.92 Å². The van der Waals surface area contributed by atoms with Crippen LogP contribution in [0.5, 0.6) is 0 Å². The van der Waals surface area contributed by atoms with Gasteiger partial charge in [0, 0.05) is 29.4 Å². The van der Waals surface area contributed by atoms with Crippen LogP contribution in [0.1, 0.15) is 54.2 Å². The van der Waals surface area contributed by atoms with Crippen molar-refractivity contribution in [1.82, 2.24) is 24.7 Å². The SMILES string of the molecule is Cc1ccc(-c2nnco2)cc1NC(=O)c1cc(C2CC2)nc2c1c(=O)[nH]c(=O)n2CC(C)C. The first-order chi connectivity index (χ1) is 16.3. The highest BCUT2D eigenvalue weighted by molar-refractivity contribution is 6.12. The van der Waals surface area contributed by atoms with E-state index >= 15 is 0 Å². The average molecular weight is 460 g/mol. The van der Waals surface area contributed by atoms with Gasteiger partial charge in [0.2, 0.25) is 12.3 Å². The van der Waals surface area contributed by atoms with Gasteiger partial charge in [-0.05, 0) is 49.4 Å². The van der Waals surface area contributed by atoms with Gasteiger partial charge in [0.15, 0.2) is 5.65 Å². The van der Waals surface area contributed by atoms with Crippen LogP contribution in [0.15, 0.2) is 44.7 Å². The molecule has 0 bridgehead atoms. The van der Waals surface area contributed by atoms with E-state index in [4.69, 9.17) is 4.42 Å². The zero-order chi connectivity index (χ0) is 24.0. The number of rotatable bonds is 6. The van der Waals surface area contributed by atoms with Crippen LogP contribution in [-0.4, -0.2) is 30.6 Å². The molecule has 1 saturated carbocycles. The number of fused-ring (bicyclic) bond motifs is 1. The Morgan fingerprint density at radius 3 is 2.74 bits per heavy atom. The number of pyridine rings is 1. The van der Waals surface area contributed by atoms with E-state index in [9.17, 15) is 14.4 Å². The Hall–Kier alpha value is -4.08. The molecule has 5 rings (SSSR count). The van der Waals surface area contributed by atoms with Crippen molar-refractivity contribution in [2.45, 2.75) is 46.1 Å². The number of hydrogen-bond donors (Lipinski definition) is 2. The second-order valence-corrected chi connectivity index (χ2v) is 9.06. The molecular formula is C24H24N6O4. The molecule has 1 aliphatic carbocycles. The largest absolute Gasteiger partial charge is 0.423 e. The summed E-state index contributed by atoms with van der Waals surface area (Å²) in [6, 6.07) is 7.07. The third-order valence-electron chi connectivity index (χ3n) is 5.85. The number of benzene rings is 1. The van der Waals surface area contributed by atoms with Crippen molar-refractivity contribution < 1.29 is 9.21 Å². The van der Waals surface area contributed by atoms with E-state index in [0.29, 0.717) is 23.7 Å². The van der Waals surface area contributed by atoms with E-state index in [2.05, 4.69) is 25.5 Å². The summed E-state index contributed by atoms with van der Waals surface area (Å²) < 4.78 is 6.71. The van der Waals surface area contributed by atoms with Crippen LogP contribution in [0.4, 0.5) is 5.69 Å². The number of nitrogens with one attached hydrogen (secondary N) is 2. The fraction of sp³-hybridized carbons (Fsp3) is 0.333. The zero-order valence-electron chi connectivity index (χ0n) is 19.1. The smallest absolute Gasteiger partial charge is 0.330 e. The maximum absolute atomic E-state index is 13.5. The van der Waals surface area contributed by atoms with Crippen LogP contribution in [0.25, 0.3) is 22.5 Å². The van der Waals surface area contributed by atoms with Gasteiger partial charge in [-0.25, -0.2) is 9.78 Å². The summed E-state index contributed by atoms with van der Waals surface area (Å²) >= 11 is 0. The fourth-order valence-electron chi connectivity index (χ4n) is 3.97. The number of aromatic amines is 1. The van der Waals surface area contributed by atoms with Crippen molar-refractivity contribution in [3.05, 3.63) is 68.3 Å². The molecule has 1 fully saturated rings. The number of aromatic nitrogens is 5. The molecule has 2 N–H and O–H groups in total. The molecule has 1 aromatic carbocycles. The van der Waals surface area contributed by atoms with Gasteiger partial charge in [0.05, 0.1) is 10.9 Å². The van der Waals surface area contributed by atoms with Crippen LogP contribution >= 0.6 is 0 Å². The number of amides is 1. The zero-order valence-corrected chi connectivity index (χ0v) is 19.1. The standard InChI is InChI=1S/C24H24N6O4/c1-12(2)10-30-20-19(22(32)28-24(30)33)16(9-18(26-20)14-6-7-14)21(31)27-17-8-15(5-4-13(17)3)23-29-25-11-34-23/h4-5,8-9,11-12,14H,6-7,10H2,1-3H3,(H,27,31)(H,28,32,33). The van der Waals surface area contributed by atoms with Crippen molar-refractivity contribution in [3.63, 3.8) is 0 Å². The number of anilines is 1. The van der Waals surface area contributed by atoms with Crippen molar-refractivity contribution in [3.8, 4) is 11.5 Å². The Kier molecular flexibility index (Phi) is 5.35. The Labute approximate surface area is 194 Å². The molecule has 4 aromatic rings. The molecule has 1 amide bonds. The molecule has 3 aromatic heterocycles. The summed E-state index contributed by atoms with van der Waals surface area (Å²) in [5.74, 6) is 0.237. The van der Waals surface area contributed by atoms with Crippen LogP contribution in [0, 0.1) is 12.8 Å². The average Bonchev–Trinajstić information content (AvgIpc) is 3.51. The van der Waals surface area contributed by atoms with E-state index in [1.54, 1.807) is 12.1 Å². The van der Waals surface area contributed by atoms with Crippen molar-refractivity contribution in [1.29, 1.82) is 0 Å². The van der Waals surface area contributed by atoms with E-state index in [1.165, 1.54) is 11.0 Å². The van der Waals surface area contributed by atoms with Gasteiger partial charge in [-0.15, -0.1) is 10.2 Å². The Morgan fingerprint density at radius 2 is 2.06 bits per heavy atom. The number of H-pyrrole nitrogens is 1. The minimum absolute atomic E-state index is 0.104. The van der Waals surface area contributed by atoms with Crippen molar-refractivity contribution in [2.75, 3.05) is 5.32 Å². The molecule has 174 valence electrons. The van der Waals surface area contributed by atoms with Crippen LogP contribution < -0.4 is 16.6 Å². The highest BCUT2D eigenvalue weighted by Crippen LogP contribution is 2.40. The molecule has 10 heteroatoms. The maximum Gasteiger partial charge on any atom is 0.330 e. The molecule has 0 aliphatic heterocycles. The predicted octanol–water partition coefficient (Wildman–Crippen LogP) is 3.23. The third-order valence-corrected chi connectivity index (χ3v) is 5.85. The lowest BCUT2D eigenvalue weighted by atomic mass is 10.1. The summed E-state index contributed by atoms with van der Waals surface area (Å²) in [7, 11) is 0. The summed E-state index contributed by atoms with van der Waals surface area (Å²) in [5, 5.41) is 10.6. The monoisotopic (exact) mass is 460 g/mol. The second-order valence-electron chi connectivity index (χ2n) is 9.06. The molecule has 0 atom stereocenters. The Bertz CT molecular complexity index is 1510. The Balaban J connectivity index is 1.64. The molecule has 0 spiro atoms. The topological polar surface area (TPSA) is 136 Å². The number of nitrogens with zero attached hydrogens (tertiary/aromatic N) is 4. The Morgan fingerprint density at radius 1 is 1.26 bits per heavy atom. The van der Waals surface area contributed by atoms with E-state index in [0.717, 1.165) is 24.1 Å². The minimum Gasteiger partial charge on any atom is -0.423 e. The first-order valence-corrected chi connectivity index (χ1v) is 11.2. The van der Waals surface area contributed by atoms with Gasteiger partial charge in [-0.2, -0.15) is 0 Å². The highest BCUT2D eigenvalue weighted by Gasteiger charge is 2.29. The first kappa shape index (κ1) is 21.7. The number of carbonyl (C=O) groups is 1. The molecule has 0 radical (unpaired) electrons. The first-order valence-electron chi connectivity index (χ1n) is 11.2. The highest BCUT2D eigenvalue weighted by atomic mass is 16.4. The third kappa shape index (κ3) is 4.02. The minimum atomic E-state index is -0.628. The van der Waals surface area contributed by atoms with Crippen LogP contribution in [0.2, 0.25) is 0 Å². The number of aryl methyl sites for hydroxylation is 1. The molecule has 34 heavy (non-hydrogen) atoms. The van der Waals surface area contributed by atoms with Gasteiger partial charge in [-0.3, -0.25) is 19.1 Å². The van der Waals surface area contributed by atoms with Gasteiger partial charge in [0.25, 0.3) is 11.5 Å². The van der Waals surface area contributed by atoms with Crippen molar-refractivity contribution >= 4 is 22.6 Å². The summed E-state index contributed by atoms with van der Waals surface area (Å²) in [6.45, 7) is 6.18. The lowest BCUT2D eigenvalue weighted by molar-refractivity contribution is 0.102. The normalized spacial score (nSPS) is 13.5. The van der Waals surface area contributed by atoms with E-state index in [-0.39, 0.29) is 28.4 Å². The quantitative estimate of drug-likeness (QED) is 0.451. The molecule has 3 heterocycles.